The molecule has 3 rings (SSSR count). The Morgan fingerprint density at radius 2 is 2.12 bits per heavy atom. The zero-order valence-corrected chi connectivity index (χ0v) is 8.45. The minimum absolute atomic E-state index is 0.197. The van der Waals surface area contributed by atoms with E-state index < -0.39 is 5.97 Å². The van der Waals surface area contributed by atoms with Gasteiger partial charge in [-0.25, -0.2) is 4.79 Å². The fourth-order valence-corrected chi connectivity index (χ4v) is 1.53. The molecule has 17 heavy (non-hydrogen) atoms. The van der Waals surface area contributed by atoms with Gasteiger partial charge in [0.05, 0.1) is 6.20 Å². The maximum atomic E-state index is 10.7. The molecule has 0 saturated carbocycles. The molecule has 2 heterocycles. The molecule has 0 atom stereocenters. The summed E-state index contributed by atoms with van der Waals surface area (Å²) in [6, 6.07) is 6.70. The number of benzene rings is 1. The van der Waals surface area contributed by atoms with Crippen molar-refractivity contribution in [1.29, 1.82) is 0 Å². The van der Waals surface area contributed by atoms with E-state index in [0.29, 0.717) is 16.8 Å². The summed E-state index contributed by atoms with van der Waals surface area (Å²) in [5.74, 6) is -1.35. The van der Waals surface area contributed by atoms with Gasteiger partial charge in [-0.3, -0.25) is 0 Å². The minimum Gasteiger partial charge on any atom is -0.475 e. The predicted molar refractivity (Wildman–Crippen MR) is 56.5 cm³/mol. The number of hydrogen-bond acceptors (Lipinski definition) is 5. The molecule has 6 nitrogen and oxygen atoms in total. The van der Waals surface area contributed by atoms with Crippen LogP contribution in [0.25, 0.3) is 22.2 Å². The molecule has 0 aliphatic carbocycles. The van der Waals surface area contributed by atoms with E-state index in [1.807, 2.05) is 6.07 Å². The lowest BCUT2D eigenvalue weighted by molar-refractivity contribution is 0.0652. The van der Waals surface area contributed by atoms with Crippen molar-refractivity contribution in [2.75, 3.05) is 0 Å². The first-order chi connectivity index (χ1) is 8.24. The predicted octanol–water partition coefficient (Wildman–Crippen LogP) is 2.18. The van der Waals surface area contributed by atoms with Crippen LogP contribution >= 0.6 is 0 Å². The first kappa shape index (κ1) is 9.59. The van der Waals surface area contributed by atoms with E-state index in [0.717, 1.165) is 5.39 Å². The van der Waals surface area contributed by atoms with E-state index >= 15 is 0 Å². The first-order valence-corrected chi connectivity index (χ1v) is 4.79. The summed E-state index contributed by atoms with van der Waals surface area (Å²) < 4.78 is 9.69. The van der Waals surface area contributed by atoms with Crippen LogP contribution in [-0.2, 0) is 0 Å². The molecule has 0 bridgehead atoms. The second-order valence-corrected chi connectivity index (χ2v) is 3.46. The van der Waals surface area contributed by atoms with E-state index in [9.17, 15) is 4.79 Å². The Kier molecular flexibility index (Phi) is 1.94. The molecule has 2 aromatic heterocycles. The van der Waals surface area contributed by atoms with Crippen LogP contribution in [0.1, 0.15) is 10.6 Å². The molecule has 1 N–H and O–H groups in total. The Hall–Kier alpha value is -2.63. The average molecular weight is 230 g/mol. The van der Waals surface area contributed by atoms with Crippen LogP contribution < -0.4 is 0 Å². The van der Waals surface area contributed by atoms with E-state index in [1.54, 1.807) is 18.3 Å². The number of nitrogens with zero attached hydrogens (tertiary/aromatic N) is 2. The summed E-state index contributed by atoms with van der Waals surface area (Å²) in [6.45, 7) is 0. The van der Waals surface area contributed by atoms with Crippen LogP contribution in [0.2, 0.25) is 0 Å². The quantitative estimate of drug-likeness (QED) is 0.725. The van der Waals surface area contributed by atoms with Crippen molar-refractivity contribution in [1.82, 2.24) is 10.3 Å². The summed E-state index contributed by atoms with van der Waals surface area (Å²) >= 11 is 0. The number of hydrogen-bond donors (Lipinski definition) is 1. The Bertz CT molecular complexity index is 698. The highest BCUT2D eigenvalue weighted by molar-refractivity contribution is 5.87. The summed E-state index contributed by atoms with van der Waals surface area (Å²) in [5, 5.41) is 16.9. The third kappa shape index (κ3) is 1.55. The molecule has 84 valence electrons. The van der Waals surface area contributed by atoms with Gasteiger partial charge in [-0.2, -0.15) is 0 Å². The molecule has 0 aliphatic rings. The van der Waals surface area contributed by atoms with Crippen LogP contribution in [-0.4, -0.2) is 21.4 Å². The molecule has 0 radical (unpaired) electrons. The lowest BCUT2D eigenvalue weighted by Gasteiger charge is -1.93. The number of aromatic nitrogens is 2. The lowest BCUT2D eigenvalue weighted by atomic mass is 10.1. The van der Waals surface area contributed by atoms with Crippen LogP contribution in [0, 0.1) is 0 Å². The van der Waals surface area contributed by atoms with Gasteiger partial charge in [0.1, 0.15) is 5.69 Å². The average Bonchev–Trinajstić information content (AvgIpc) is 2.97. The second kappa shape index (κ2) is 3.44. The smallest absolute Gasteiger partial charge is 0.374 e. The van der Waals surface area contributed by atoms with Crippen LogP contribution in [0.5, 0.6) is 0 Å². The van der Waals surface area contributed by atoms with Gasteiger partial charge in [0, 0.05) is 17.0 Å². The van der Waals surface area contributed by atoms with Gasteiger partial charge in [-0.05, 0) is 12.1 Å². The van der Waals surface area contributed by atoms with Gasteiger partial charge in [0.2, 0.25) is 5.76 Å². The Morgan fingerprint density at radius 1 is 1.24 bits per heavy atom. The van der Waals surface area contributed by atoms with Gasteiger partial charge < -0.3 is 14.2 Å². The topological polar surface area (TPSA) is 89.4 Å². The maximum Gasteiger partial charge on any atom is 0.374 e. The van der Waals surface area contributed by atoms with Crippen molar-refractivity contribution in [3.63, 3.8) is 0 Å². The number of carbonyl (C=O) groups is 1. The fourth-order valence-electron chi connectivity index (χ4n) is 1.53. The van der Waals surface area contributed by atoms with Crippen LogP contribution in [0.3, 0.4) is 0 Å². The maximum absolute atomic E-state index is 10.7. The lowest BCUT2D eigenvalue weighted by Crippen LogP contribution is -1.91. The number of carboxylic acids is 1. The third-order valence-corrected chi connectivity index (χ3v) is 2.37. The molecule has 0 unspecified atom stereocenters. The van der Waals surface area contributed by atoms with Gasteiger partial charge >= 0.3 is 5.97 Å². The largest absolute Gasteiger partial charge is 0.475 e. The van der Waals surface area contributed by atoms with Crippen molar-refractivity contribution < 1.29 is 18.9 Å². The molecule has 0 fully saturated rings. The van der Waals surface area contributed by atoms with E-state index in [1.165, 1.54) is 6.07 Å². The Morgan fingerprint density at radius 3 is 2.88 bits per heavy atom. The molecule has 3 aromatic rings. The standard InChI is InChI=1S/C11H6N2O4/c14-11(15)10-4-8(13-17-10)6-1-2-7-5-12-16-9(7)3-6/h1-5H,(H,14,15). The SMILES string of the molecule is O=C(O)c1cc(-c2ccc3cnoc3c2)no1. The van der Waals surface area contributed by atoms with Gasteiger partial charge in [0.25, 0.3) is 0 Å². The first-order valence-electron chi connectivity index (χ1n) is 4.79. The Labute approximate surface area is 94.4 Å². The normalized spacial score (nSPS) is 10.8. The molecule has 6 heteroatoms. The highest BCUT2D eigenvalue weighted by Crippen LogP contribution is 2.23. The van der Waals surface area contributed by atoms with Crippen molar-refractivity contribution in [3.05, 3.63) is 36.2 Å². The highest BCUT2D eigenvalue weighted by atomic mass is 16.5. The van der Waals surface area contributed by atoms with E-state index in [-0.39, 0.29) is 5.76 Å². The highest BCUT2D eigenvalue weighted by Gasteiger charge is 2.13. The zero-order chi connectivity index (χ0) is 11.8. The van der Waals surface area contributed by atoms with Gasteiger partial charge in [-0.15, -0.1) is 0 Å². The van der Waals surface area contributed by atoms with Crippen molar-refractivity contribution in [2.24, 2.45) is 0 Å². The van der Waals surface area contributed by atoms with Gasteiger partial charge in [0.15, 0.2) is 5.58 Å². The molecular weight excluding hydrogens is 224 g/mol. The summed E-state index contributed by atoms with van der Waals surface area (Å²) in [5.41, 5.74) is 1.77. The molecule has 0 amide bonds. The second-order valence-electron chi connectivity index (χ2n) is 3.46. The monoisotopic (exact) mass is 230 g/mol. The number of aromatic carboxylic acids is 1. The van der Waals surface area contributed by atoms with Crippen molar-refractivity contribution in [2.45, 2.75) is 0 Å². The van der Waals surface area contributed by atoms with E-state index in [4.69, 9.17) is 9.63 Å². The molecule has 0 aliphatic heterocycles. The van der Waals surface area contributed by atoms with Crippen LogP contribution in [0.4, 0.5) is 0 Å². The molecule has 0 saturated heterocycles. The fraction of sp³-hybridized carbons (Fsp3) is 0. The molecule has 1 aromatic carbocycles. The van der Waals surface area contributed by atoms with Crippen LogP contribution in [0.15, 0.2) is 39.5 Å². The summed E-state index contributed by atoms with van der Waals surface area (Å²) in [7, 11) is 0. The zero-order valence-electron chi connectivity index (χ0n) is 8.45. The molecular formula is C11H6N2O4. The van der Waals surface area contributed by atoms with Crippen molar-refractivity contribution in [3.8, 4) is 11.3 Å². The number of rotatable bonds is 2. The third-order valence-electron chi connectivity index (χ3n) is 2.37. The summed E-state index contributed by atoms with van der Waals surface area (Å²) in [4.78, 5) is 10.7. The number of carboxylic acid groups (broad SMARTS) is 1. The number of fused-ring (bicyclic) bond motifs is 1. The Balaban J connectivity index is 2.09. The van der Waals surface area contributed by atoms with E-state index in [2.05, 4.69) is 14.8 Å². The summed E-state index contributed by atoms with van der Waals surface area (Å²) in [6.07, 6.45) is 1.60. The van der Waals surface area contributed by atoms with Gasteiger partial charge in [-0.1, -0.05) is 16.4 Å². The molecule has 0 spiro atoms. The van der Waals surface area contributed by atoms with Crippen molar-refractivity contribution >= 4 is 16.9 Å². The minimum atomic E-state index is -1.15.